The molecular formula is C19H15F2N3O3. The van der Waals surface area contributed by atoms with Gasteiger partial charge in [0.25, 0.3) is 5.91 Å². The van der Waals surface area contributed by atoms with Crippen LogP contribution in [0.25, 0.3) is 0 Å². The molecule has 0 bridgehead atoms. The van der Waals surface area contributed by atoms with Crippen LogP contribution in [0, 0.1) is 11.6 Å². The molecule has 0 saturated carbocycles. The van der Waals surface area contributed by atoms with E-state index in [1.54, 1.807) is 12.1 Å². The smallest absolute Gasteiger partial charge is 0.324 e. The zero-order valence-corrected chi connectivity index (χ0v) is 14.1. The summed E-state index contributed by atoms with van der Waals surface area (Å²) in [6.45, 7) is -0.549. The molecule has 1 spiro atoms. The van der Waals surface area contributed by atoms with Gasteiger partial charge < -0.3 is 10.6 Å². The van der Waals surface area contributed by atoms with Gasteiger partial charge in [-0.25, -0.2) is 13.6 Å². The van der Waals surface area contributed by atoms with Gasteiger partial charge in [0.1, 0.15) is 23.7 Å². The Labute approximate surface area is 153 Å². The minimum atomic E-state index is -1.15. The number of nitrogens with zero attached hydrogens (tertiary/aromatic N) is 1. The molecule has 8 heteroatoms. The van der Waals surface area contributed by atoms with Crippen LogP contribution in [-0.4, -0.2) is 29.3 Å². The van der Waals surface area contributed by atoms with E-state index in [2.05, 4.69) is 10.6 Å². The van der Waals surface area contributed by atoms with Crippen LogP contribution in [0.15, 0.2) is 42.5 Å². The van der Waals surface area contributed by atoms with Crippen LogP contribution in [0.4, 0.5) is 19.3 Å². The number of carbonyl (C=O) groups excluding carboxylic acids is 3. The van der Waals surface area contributed by atoms with Crippen LogP contribution in [0.5, 0.6) is 0 Å². The molecule has 4 amide bonds. The Bertz CT molecular complexity index is 958. The summed E-state index contributed by atoms with van der Waals surface area (Å²) in [5.41, 5.74) is 0.468. The first-order valence-corrected chi connectivity index (χ1v) is 8.37. The number of hydrogen-bond donors (Lipinski definition) is 2. The van der Waals surface area contributed by atoms with Gasteiger partial charge in [-0.3, -0.25) is 14.5 Å². The standard InChI is InChI=1S/C19H15F2N3O3/c20-12-7-13(21)9-14(8-12)22-16(25)10-24-17(26)19(23-18(24)27)6-5-11-3-1-2-4-15(11)19/h1-4,7-9H,5-6,10H2,(H,22,25)(H,23,27). The van der Waals surface area contributed by atoms with E-state index in [-0.39, 0.29) is 5.69 Å². The van der Waals surface area contributed by atoms with Crippen molar-refractivity contribution in [3.63, 3.8) is 0 Å². The first kappa shape index (κ1) is 17.1. The molecular weight excluding hydrogens is 356 g/mol. The molecule has 1 aliphatic heterocycles. The first-order chi connectivity index (χ1) is 12.9. The number of aryl methyl sites for hydroxylation is 1. The van der Waals surface area contributed by atoms with E-state index in [1.165, 1.54) is 0 Å². The van der Waals surface area contributed by atoms with Gasteiger partial charge in [0.05, 0.1) is 0 Å². The van der Waals surface area contributed by atoms with Gasteiger partial charge >= 0.3 is 6.03 Å². The largest absolute Gasteiger partial charge is 0.325 e. The van der Waals surface area contributed by atoms with Gasteiger partial charge in [0.2, 0.25) is 5.91 Å². The summed E-state index contributed by atoms with van der Waals surface area (Å²) in [6.07, 6.45) is 1.06. The summed E-state index contributed by atoms with van der Waals surface area (Å²) in [6, 6.07) is 9.24. The number of anilines is 1. The molecule has 1 fully saturated rings. The second kappa shape index (κ2) is 6.15. The molecule has 2 N–H and O–H groups in total. The van der Waals surface area contributed by atoms with Crippen molar-refractivity contribution in [2.24, 2.45) is 0 Å². The second-order valence-electron chi connectivity index (χ2n) is 6.59. The van der Waals surface area contributed by atoms with Crippen molar-refractivity contribution < 1.29 is 23.2 Å². The van der Waals surface area contributed by atoms with E-state index in [0.717, 1.165) is 28.2 Å². The van der Waals surface area contributed by atoms with Crippen LogP contribution in [-0.2, 0) is 21.5 Å². The van der Waals surface area contributed by atoms with Gasteiger partial charge in [-0.2, -0.15) is 0 Å². The zero-order valence-electron chi connectivity index (χ0n) is 14.1. The van der Waals surface area contributed by atoms with Crippen molar-refractivity contribution in [3.8, 4) is 0 Å². The molecule has 2 aliphatic rings. The van der Waals surface area contributed by atoms with Crippen LogP contribution < -0.4 is 10.6 Å². The molecule has 0 radical (unpaired) electrons. The van der Waals surface area contributed by atoms with Crippen molar-refractivity contribution in [3.05, 3.63) is 65.2 Å². The molecule has 1 atom stereocenters. The summed E-state index contributed by atoms with van der Waals surface area (Å²) < 4.78 is 26.5. The van der Waals surface area contributed by atoms with Crippen molar-refractivity contribution in [2.75, 3.05) is 11.9 Å². The van der Waals surface area contributed by atoms with Crippen molar-refractivity contribution in [1.29, 1.82) is 0 Å². The Morgan fingerprint density at radius 1 is 1.15 bits per heavy atom. The topological polar surface area (TPSA) is 78.5 Å². The first-order valence-electron chi connectivity index (χ1n) is 8.37. The molecule has 1 saturated heterocycles. The molecule has 4 rings (SSSR count). The lowest BCUT2D eigenvalue weighted by atomic mass is 9.92. The Kier molecular flexibility index (Phi) is 3.91. The maximum Gasteiger partial charge on any atom is 0.325 e. The van der Waals surface area contributed by atoms with Crippen molar-refractivity contribution in [1.82, 2.24) is 10.2 Å². The Balaban J connectivity index is 1.53. The number of fused-ring (bicyclic) bond motifs is 2. The molecule has 1 aliphatic carbocycles. The van der Waals surface area contributed by atoms with Gasteiger partial charge in [0.15, 0.2) is 0 Å². The highest BCUT2D eigenvalue weighted by Crippen LogP contribution is 2.41. The summed E-state index contributed by atoms with van der Waals surface area (Å²) in [5.74, 6) is -2.92. The second-order valence-corrected chi connectivity index (χ2v) is 6.59. The third kappa shape index (κ3) is 2.83. The van der Waals surface area contributed by atoms with Crippen molar-refractivity contribution >= 4 is 23.5 Å². The molecule has 2 aromatic rings. The minimum absolute atomic E-state index is 0.0921. The number of imide groups is 1. The number of amides is 4. The lowest BCUT2D eigenvalue weighted by Gasteiger charge is -2.22. The monoisotopic (exact) mass is 371 g/mol. The Morgan fingerprint density at radius 2 is 1.85 bits per heavy atom. The zero-order chi connectivity index (χ0) is 19.2. The fourth-order valence-electron chi connectivity index (χ4n) is 3.70. The molecule has 6 nitrogen and oxygen atoms in total. The van der Waals surface area contributed by atoms with E-state index in [9.17, 15) is 23.2 Å². The predicted octanol–water partition coefficient (Wildman–Crippen LogP) is 2.30. The van der Waals surface area contributed by atoms with Crippen LogP contribution >= 0.6 is 0 Å². The van der Waals surface area contributed by atoms with Gasteiger partial charge in [-0.1, -0.05) is 24.3 Å². The number of rotatable bonds is 3. The molecule has 1 unspecified atom stereocenters. The fraction of sp³-hybridized carbons (Fsp3) is 0.211. The van der Waals surface area contributed by atoms with E-state index < -0.39 is 41.6 Å². The molecule has 27 heavy (non-hydrogen) atoms. The number of carbonyl (C=O) groups is 3. The van der Waals surface area contributed by atoms with Gasteiger partial charge in [0, 0.05) is 11.8 Å². The third-order valence-corrected chi connectivity index (χ3v) is 4.87. The molecule has 0 aromatic heterocycles. The Morgan fingerprint density at radius 3 is 2.59 bits per heavy atom. The number of urea groups is 1. The van der Waals surface area contributed by atoms with Gasteiger partial charge in [-0.05, 0) is 36.1 Å². The normalized spacial score (nSPS) is 20.7. The highest BCUT2D eigenvalue weighted by Gasteiger charge is 2.55. The summed E-state index contributed by atoms with van der Waals surface area (Å²) in [7, 11) is 0. The number of halogens is 2. The van der Waals surface area contributed by atoms with E-state index >= 15 is 0 Å². The Hall–Kier alpha value is -3.29. The van der Waals surface area contributed by atoms with E-state index in [4.69, 9.17) is 0 Å². The molecule has 2 aromatic carbocycles. The van der Waals surface area contributed by atoms with Crippen LogP contribution in [0.2, 0.25) is 0 Å². The summed E-state index contributed by atoms with van der Waals surface area (Å²) >= 11 is 0. The van der Waals surface area contributed by atoms with Gasteiger partial charge in [-0.15, -0.1) is 0 Å². The minimum Gasteiger partial charge on any atom is -0.324 e. The lowest BCUT2D eigenvalue weighted by molar-refractivity contribution is -0.134. The molecule has 138 valence electrons. The number of benzene rings is 2. The quantitative estimate of drug-likeness (QED) is 0.813. The highest BCUT2D eigenvalue weighted by atomic mass is 19.1. The summed E-state index contributed by atoms with van der Waals surface area (Å²) in [4.78, 5) is 38.3. The third-order valence-electron chi connectivity index (χ3n) is 4.87. The highest BCUT2D eigenvalue weighted by molar-refractivity contribution is 6.10. The SMILES string of the molecule is O=C(CN1C(=O)NC2(CCc3ccccc32)C1=O)Nc1cc(F)cc(F)c1. The maximum atomic E-state index is 13.2. The van der Waals surface area contributed by atoms with Crippen LogP contribution in [0.3, 0.4) is 0 Å². The average Bonchev–Trinajstić information content (AvgIpc) is 3.08. The average molecular weight is 371 g/mol. The van der Waals surface area contributed by atoms with E-state index in [1.807, 2.05) is 12.1 Å². The predicted molar refractivity (Wildman–Crippen MR) is 91.7 cm³/mol. The lowest BCUT2D eigenvalue weighted by Crippen LogP contribution is -2.43. The molecule has 1 heterocycles. The van der Waals surface area contributed by atoms with Crippen LogP contribution in [0.1, 0.15) is 17.5 Å². The number of nitrogens with one attached hydrogen (secondary N) is 2. The van der Waals surface area contributed by atoms with Crippen molar-refractivity contribution in [2.45, 2.75) is 18.4 Å². The fourth-order valence-corrected chi connectivity index (χ4v) is 3.70. The van der Waals surface area contributed by atoms with E-state index in [0.29, 0.717) is 18.9 Å². The number of hydrogen-bond acceptors (Lipinski definition) is 3. The summed E-state index contributed by atoms with van der Waals surface area (Å²) in [5, 5.41) is 5.01. The maximum absolute atomic E-state index is 13.2.